The van der Waals surface area contributed by atoms with Gasteiger partial charge in [0.15, 0.2) is 0 Å². The highest BCUT2D eigenvalue weighted by atomic mass is 35.5. The van der Waals surface area contributed by atoms with Gasteiger partial charge in [-0.25, -0.2) is 0 Å². The SMILES string of the molecule is CCc1cc(C(=O)NC2CCCC2Cl)n(CC)n1. The predicted molar refractivity (Wildman–Crippen MR) is 72.0 cm³/mol. The van der Waals surface area contributed by atoms with Crippen LogP contribution in [0.1, 0.15) is 49.3 Å². The molecule has 1 aromatic rings. The summed E-state index contributed by atoms with van der Waals surface area (Å²) in [5, 5.41) is 7.48. The van der Waals surface area contributed by atoms with Crippen molar-refractivity contribution in [1.29, 1.82) is 0 Å². The van der Waals surface area contributed by atoms with Gasteiger partial charge < -0.3 is 5.32 Å². The molecule has 100 valence electrons. The zero-order valence-electron chi connectivity index (χ0n) is 10.9. The monoisotopic (exact) mass is 269 g/mol. The Kier molecular flexibility index (Phi) is 4.27. The van der Waals surface area contributed by atoms with Gasteiger partial charge in [-0.05, 0) is 38.7 Å². The minimum absolute atomic E-state index is 0.0541. The van der Waals surface area contributed by atoms with Crippen molar-refractivity contribution in [2.24, 2.45) is 0 Å². The number of carbonyl (C=O) groups is 1. The average Bonchev–Trinajstić information content (AvgIpc) is 2.96. The Hall–Kier alpha value is -1.03. The normalized spacial score (nSPS) is 23.3. The first-order valence-corrected chi connectivity index (χ1v) is 7.11. The van der Waals surface area contributed by atoms with Crippen LogP contribution in [0.4, 0.5) is 0 Å². The molecule has 1 heterocycles. The molecule has 5 heteroatoms. The highest BCUT2D eigenvalue weighted by molar-refractivity contribution is 6.21. The maximum absolute atomic E-state index is 12.2. The topological polar surface area (TPSA) is 46.9 Å². The number of hydrogen-bond acceptors (Lipinski definition) is 2. The van der Waals surface area contributed by atoms with E-state index in [1.165, 1.54) is 0 Å². The first kappa shape index (κ1) is 13.4. The fourth-order valence-electron chi connectivity index (χ4n) is 2.39. The Bertz CT molecular complexity index is 430. The lowest BCUT2D eigenvalue weighted by Crippen LogP contribution is -2.38. The van der Waals surface area contributed by atoms with Crippen LogP contribution in [0.5, 0.6) is 0 Å². The Morgan fingerprint density at radius 2 is 2.33 bits per heavy atom. The summed E-state index contributed by atoms with van der Waals surface area (Å²) >= 11 is 6.18. The van der Waals surface area contributed by atoms with Crippen LogP contribution >= 0.6 is 11.6 Å². The molecule has 18 heavy (non-hydrogen) atoms. The average molecular weight is 270 g/mol. The van der Waals surface area contributed by atoms with E-state index in [4.69, 9.17) is 11.6 Å². The molecule has 1 aliphatic carbocycles. The molecular formula is C13H20ClN3O. The molecule has 1 fully saturated rings. The Labute approximate surface area is 113 Å². The van der Waals surface area contributed by atoms with E-state index >= 15 is 0 Å². The number of alkyl halides is 1. The maximum atomic E-state index is 12.2. The molecule has 0 aliphatic heterocycles. The van der Waals surface area contributed by atoms with Gasteiger partial charge in [-0.1, -0.05) is 6.92 Å². The summed E-state index contributed by atoms with van der Waals surface area (Å²) in [7, 11) is 0. The van der Waals surface area contributed by atoms with Crippen LogP contribution in [0.15, 0.2) is 6.07 Å². The second-order valence-electron chi connectivity index (χ2n) is 4.72. The third kappa shape index (κ3) is 2.69. The van der Waals surface area contributed by atoms with E-state index in [1.54, 1.807) is 4.68 Å². The van der Waals surface area contributed by atoms with Crippen molar-refractivity contribution < 1.29 is 4.79 Å². The van der Waals surface area contributed by atoms with Crippen LogP contribution in [0, 0.1) is 0 Å². The molecule has 0 aromatic carbocycles. The molecule has 2 unspecified atom stereocenters. The molecule has 0 bridgehead atoms. The Morgan fingerprint density at radius 3 is 2.89 bits per heavy atom. The number of halogens is 1. The number of rotatable bonds is 4. The lowest BCUT2D eigenvalue weighted by atomic mass is 10.2. The summed E-state index contributed by atoms with van der Waals surface area (Å²) in [4.78, 5) is 12.2. The van der Waals surface area contributed by atoms with Crippen molar-refractivity contribution in [1.82, 2.24) is 15.1 Å². The molecular weight excluding hydrogens is 250 g/mol. The molecule has 1 aromatic heterocycles. The van der Waals surface area contributed by atoms with Gasteiger partial charge in [0.2, 0.25) is 0 Å². The third-order valence-corrected chi connectivity index (χ3v) is 4.00. The van der Waals surface area contributed by atoms with E-state index < -0.39 is 0 Å². The highest BCUT2D eigenvalue weighted by Crippen LogP contribution is 2.24. The summed E-state index contributed by atoms with van der Waals surface area (Å²) in [6.07, 6.45) is 3.89. The van der Waals surface area contributed by atoms with Gasteiger partial charge in [0.05, 0.1) is 11.1 Å². The predicted octanol–water partition coefficient (Wildman–Crippen LogP) is 2.36. The number of carbonyl (C=O) groups excluding carboxylic acids is 1. The van der Waals surface area contributed by atoms with Crippen LogP contribution in [0.2, 0.25) is 0 Å². The van der Waals surface area contributed by atoms with E-state index in [0.29, 0.717) is 12.2 Å². The molecule has 2 rings (SSSR count). The van der Waals surface area contributed by atoms with Crippen LogP contribution in [0.25, 0.3) is 0 Å². The summed E-state index contributed by atoms with van der Waals surface area (Å²) in [5.41, 5.74) is 1.60. The number of amides is 1. The van der Waals surface area contributed by atoms with Crippen LogP contribution in [-0.4, -0.2) is 27.1 Å². The first-order chi connectivity index (χ1) is 8.65. The number of nitrogens with one attached hydrogen (secondary N) is 1. The molecule has 0 radical (unpaired) electrons. The lowest BCUT2D eigenvalue weighted by Gasteiger charge is -2.15. The minimum Gasteiger partial charge on any atom is -0.346 e. The Morgan fingerprint density at radius 1 is 1.56 bits per heavy atom. The van der Waals surface area contributed by atoms with Gasteiger partial charge >= 0.3 is 0 Å². The molecule has 0 saturated heterocycles. The van der Waals surface area contributed by atoms with E-state index in [0.717, 1.165) is 31.4 Å². The second kappa shape index (κ2) is 5.74. The van der Waals surface area contributed by atoms with E-state index in [2.05, 4.69) is 10.4 Å². The fourth-order valence-corrected chi connectivity index (χ4v) is 2.73. The zero-order chi connectivity index (χ0) is 13.1. The van der Waals surface area contributed by atoms with Gasteiger partial charge in [-0.2, -0.15) is 5.10 Å². The van der Waals surface area contributed by atoms with Gasteiger partial charge in [0, 0.05) is 12.6 Å². The Balaban J connectivity index is 2.10. The fraction of sp³-hybridized carbons (Fsp3) is 0.692. The van der Waals surface area contributed by atoms with Gasteiger partial charge in [0.1, 0.15) is 5.69 Å². The first-order valence-electron chi connectivity index (χ1n) is 6.67. The van der Waals surface area contributed by atoms with Crippen molar-refractivity contribution in [3.8, 4) is 0 Å². The highest BCUT2D eigenvalue weighted by Gasteiger charge is 2.27. The van der Waals surface area contributed by atoms with Crippen LogP contribution in [0.3, 0.4) is 0 Å². The summed E-state index contributed by atoms with van der Waals surface area (Å²) in [6, 6.07) is 1.97. The van der Waals surface area contributed by atoms with Crippen molar-refractivity contribution in [3.05, 3.63) is 17.5 Å². The smallest absolute Gasteiger partial charge is 0.269 e. The quantitative estimate of drug-likeness (QED) is 0.853. The van der Waals surface area contributed by atoms with Crippen molar-refractivity contribution in [2.75, 3.05) is 0 Å². The molecule has 1 amide bonds. The van der Waals surface area contributed by atoms with Crippen molar-refractivity contribution in [3.63, 3.8) is 0 Å². The summed E-state index contributed by atoms with van der Waals surface area (Å²) in [5.74, 6) is -0.0541. The number of nitrogens with zero attached hydrogens (tertiary/aromatic N) is 2. The van der Waals surface area contributed by atoms with E-state index in [1.807, 2.05) is 19.9 Å². The summed E-state index contributed by atoms with van der Waals surface area (Å²) in [6.45, 7) is 4.73. The summed E-state index contributed by atoms with van der Waals surface area (Å²) < 4.78 is 1.76. The van der Waals surface area contributed by atoms with Gasteiger partial charge in [-0.15, -0.1) is 11.6 Å². The zero-order valence-corrected chi connectivity index (χ0v) is 11.7. The molecule has 1 N–H and O–H groups in total. The van der Waals surface area contributed by atoms with Crippen LogP contribution in [-0.2, 0) is 13.0 Å². The van der Waals surface area contributed by atoms with E-state index in [9.17, 15) is 4.79 Å². The molecule has 1 saturated carbocycles. The van der Waals surface area contributed by atoms with E-state index in [-0.39, 0.29) is 17.3 Å². The largest absolute Gasteiger partial charge is 0.346 e. The standard InChI is InChI=1S/C13H20ClN3O/c1-3-9-8-12(17(4-2)16-9)13(18)15-11-7-5-6-10(11)14/h8,10-11H,3-7H2,1-2H3,(H,15,18). The number of aryl methyl sites for hydroxylation is 2. The van der Waals surface area contributed by atoms with Crippen molar-refractivity contribution >= 4 is 17.5 Å². The van der Waals surface area contributed by atoms with Crippen LogP contribution < -0.4 is 5.32 Å². The number of aromatic nitrogens is 2. The molecule has 0 spiro atoms. The van der Waals surface area contributed by atoms with Gasteiger partial charge in [0.25, 0.3) is 5.91 Å². The lowest BCUT2D eigenvalue weighted by molar-refractivity contribution is 0.0927. The third-order valence-electron chi connectivity index (χ3n) is 3.47. The molecule has 2 atom stereocenters. The maximum Gasteiger partial charge on any atom is 0.269 e. The minimum atomic E-state index is -0.0541. The second-order valence-corrected chi connectivity index (χ2v) is 5.28. The van der Waals surface area contributed by atoms with Crippen molar-refractivity contribution in [2.45, 2.75) is 57.5 Å². The molecule has 4 nitrogen and oxygen atoms in total. The van der Waals surface area contributed by atoms with Gasteiger partial charge in [-0.3, -0.25) is 9.48 Å². The molecule has 1 aliphatic rings. The number of hydrogen-bond donors (Lipinski definition) is 1.